The molecule has 0 saturated carbocycles. The number of carbonyl (C=O) groups is 1. The highest BCUT2D eigenvalue weighted by molar-refractivity contribution is 7.09. The van der Waals surface area contributed by atoms with E-state index in [1.54, 1.807) is 11.3 Å². The number of aryl methyl sites for hydroxylation is 1. The molecule has 0 spiro atoms. The third-order valence-corrected chi connectivity index (χ3v) is 5.57. The quantitative estimate of drug-likeness (QED) is 0.867. The van der Waals surface area contributed by atoms with E-state index in [0.717, 1.165) is 54.4 Å². The van der Waals surface area contributed by atoms with Gasteiger partial charge < -0.3 is 9.47 Å². The van der Waals surface area contributed by atoms with Gasteiger partial charge in [0.25, 0.3) is 5.91 Å². The number of piperidine rings is 1. The highest BCUT2D eigenvalue weighted by Gasteiger charge is 2.28. The fourth-order valence-electron chi connectivity index (χ4n) is 3.47. The van der Waals surface area contributed by atoms with Gasteiger partial charge >= 0.3 is 0 Å². The molecule has 0 N–H and O–H groups in total. The first-order chi connectivity index (χ1) is 10.6. The van der Waals surface area contributed by atoms with Crippen LogP contribution in [0.25, 0.3) is 0 Å². The average molecular weight is 317 g/mol. The number of rotatable bonds is 3. The smallest absolute Gasteiger partial charge is 0.255 e. The van der Waals surface area contributed by atoms with Crippen LogP contribution in [0.5, 0.6) is 0 Å². The van der Waals surface area contributed by atoms with Gasteiger partial charge in [-0.25, -0.2) is 4.98 Å². The van der Waals surface area contributed by atoms with Crippen molar-refractivity contribution >= 4 is 17.2 Å². The van der Waals surface area contributed by atoms with E-state index in [1.165, 1.54) is 0 Å². The van der Waals surface area contributed by atoms with Crippen molar-refractivity contribution in [1.29, 1.82) is 0 Å². The third kappa shape index (κ3) is 2.70. The first kappa shape index (κ1) is 15.3. The summed E-state index contributed by atoms with van der Waals surface area (Å²) in [4.78, 5) is 19.4. The molecule has 1 saturated heterocycles. The number of carbonyl (C=O) groups excluding carboxylic acids is 1. The first-order valence-electron chi connectivity index (χ1n) is 7.97. The van der Waals surface area contributed by atoms with Crippen LogP contribution in [0.2, 0.25) is 0 Å². The Kier molecular flexibility index (Phi) is 4.34. The van der Waals surface area contributed by atoms with Crippen molar-refractivity contribution in [2.75, 3.05) is 13.1 Å². The molecule has 118 valence electrons. The van der Waals surface area contributed by atoms with Gasteiger partial charge in [0, 0.05) is 48.5 Å². The Morgan fingerprint density at radius 1 is 1.45 bits per heavy atom. The summed E-state index contributed by atoms with van der Waals surface area (Å²) in [7, 11) is 0. The molecule has 4 nitrogen and oxygen atoms in total. The van der Waals surface area contributed by atoms with Gasteiger partial charge in [-0.15, -0.1) is 11.3 Å². The summed E-state index contributed by atoms with van der Waals surface area (Å²) in [6, 6.07) is 2.04. The number of likely N-dealkylation sites (tertiary alicyclic amines) is 1. The van der Waals surface area contributed by atoms with Crippen molar-refractivity contribution < 1.29 is 4.79 Å². The third-order valence-electron chi connectivity index (χ3n) is 4.63. The van der Waals surface area contributed by atoms with Gasteiger partial charge in [0.15, 0.2) is 0 Å². The minimum atomic E-state index is 0.175. The highest BCUT2D eigenvalue weighted by Crippen LogP contribution is 2.29. The number of aromatic nitrogens is 2. The van der Waals surface area contributed by atoms with E-state index in [0.29, 0.717) is 5.92 Å². The topological polar surface area (TPSA) is 38.1 Å². The molecule has 1 fully saturated rings. The zero-order valence-electron chi connectivity index (χ0n) is 13.5. The molecule has 1 atom stereocenters. The van der Waals surface area contributed by atoms with E-state index in [4.69, 9.17) is 0 Å². The fraction of sp³-hybridized carbons (Fsp3) is 0.529. The van der Waals surface area contributed by atoms with Gasteiger partial charge in [-0.2, -0.15) is 0 Å². The number of hydrogen-bond donors (Lipinski definition) is 0. The summed E-state index contributed by atoms with van der Waals surface area (Å²) < 4.78 is 2.20. The zero-order chi connectivity index (χ0) is 15.7. The van der Waals surface area contributed by atoms with Gasteiger partial charge in [0.2, 0.25) is 0 Å². The molecule has 1 unspecified atom stereocenters. The van der Waals surface area contributed by atoms with Crippen LogP contribution in [-0.4, -0.2) is 33.4 Å². The lowest BCUT2D eigenvalue weighted by molar-refractivity contribution is 0.0706. The van der Waals surface area contributed by atoms with E-state index in [1.807, 2.05) is 29.5 Å². The van der Waals surface area contributed by atoms with Gasteiger partial charge in [-0.05, 0) is 39.7 Å². The maximum Gasteiger partial charge on any atom is 0.255 e. The van der Waals surface area contributed by atoms with Crippen LogP contribution in [-0.2, 0) is 6.54 Å². The normalized spacial score (nSPS) is 18.7. The molecular formula is C17H23N3OS. The largest absolute Gasteiger partial charge is 0.349 e. The van der Waals surface area contributed by atoms with E-state index < -0.39 is 0 Å². The predicted molar refractivity (Wildman–Crippen MR) is 89.6 cm³/mol. The number of amides is 1. The van der Waals surface area contributed by atoms with Crippen LogP contribution in [0.3, 0.4) is 0 Å². The molecule has 3 heterocycles. The second-order valence-electron chi connectivity index (χ2n) is 5.99. The van der Waals surface area contributed by atoms with Gasteiger partial charge in [-0.3, -0.25) is 4.79 Å². The van der Waals surface area contributed by atoms with Crippen molar-refractivity contribution in [1.82, 2.24) is 14.5 Å². The Balaban J connectivity index is 1.80. The van der Waals surface area contributed by atoms with Crippen LogP contribution in [0.1, 0.15) is 52.4 Å². The second-order valence-corrected chi connectivity index (χ2v) is 6.92. The van der Waals surface area contributed by atoms with Crippen LogP contribution in [0.4, 0.5) is 0 Å². The lowest BCUT2D eigenvalue weighted by Gasteiger charge is -2.32. The Labute approximate surface area is 135 Å². The Hall–Kier alpha value is -1.62. The van der Waals surface area contributed by atoms with E-state index >= 15 is 0 Å². The highest BCUT2D eigenvalue weighted by atomic mass is 32.1. The van der Waals surface area contributed by atoms with Crippen LogP contribution in [0.15, 0.2) is 17.6 Å². The fourth-order valence-corrected chi connectivity index (χ4v) is 4.24. The lowest BCUT2D eigenvalue weighted by atomic mass is 9.98. The molecule has 1 aliphatic heterocycles. The molecule has 0 bridgehead atoms. The average Bonchev–Trinajstić information content (AvgIpc) is 3.15. The molecule has 2 aromatic heterocycles. The van der Waals surface area contributed by atoms with E-state index in [2.05, 4.69) is 23.4 Å². The lowest BCUT2D eigenvalue weighted by Crippen LogP contribution is -2.39. The van der Waals surface area contributed by atoms with Gasteiger partial charge in [-0.1, -0.05) is 0 Å². The van der Waals surface area contributed by atoms with Crippen molar-refractivity contribution in [3.63, 3.8) is 0 Å². The summed E-state index contributed by atoms with van der Waals surface area (Å²) in [5.74, 6) is 0.571. The maximum absolute atomic E-state index is 12.9. The van der Waals surface area contributed by atoms with Gasteiger partial charge in [0.05, 0.1) is 10.6 Å². The van der Waals surface area contributed by atoms with Crippen molar-refractivity contribution in [3.8, 4) is 0 Å². The molecule has 22 heavy (non-hydrogen) atoms. The van der Waals surface area contributed by atoms with Crippen molar-refractivity contribution in [3.05, 3.63) is 39.6 Å². The first-order valence-corrected chi connectivity index (χ1v) is 8.85. The molecule has 0 aromatic carbocycles. The maximum atomic E-state index is 12.9. The molecule has 1 aliphatic rings. The molecule has 5 heteroatoms. The number of nitrogens with zero attached hydrogens (tertiary/aromatic N) is 3. The van der Waals surface area contributed by atoms with Gasteiger partial charge in [0.1, 0.15) is 0 Å². The molecule has 3 rings (SSSR count). The summed E-state index contributed by atoms with van der Waals surface area (Å²) in [6.45, 7) is 8.80. The minimum Gasteiger partial charge on any atom is -0.349 e. The Bertz CT molecular complexity index is 660. The van der Waals surface area contributed by atoms with Crippen LogP contribution in [0, 0.1) is 13.8 Å². The summed E-state index contributed by atoms with van der Waals surface area (Å²) in [5, 5.41) is 3.18. The monoisotopic (exact) mass is 317 g/mol. The van der Waals surface area contributed by atoms with E-state index in [-0.39, 0.29) is 5.91 Å². The zero-order valence-corrected chi connectivity index (χ0v) is 14.3. The molecule has 0 aliphatic carbocycles. The number of thiazole rings is 1. The predicted octanol–water partition coefficient (Wildman–Crippen LogP) is 3.60. The van der Waals surface area contributed by atoms with Crippen LogP contribution < -0.4 is 0 Å². The Morgan fingerprint density at radius 3 is 2.91 bits per heavy atom. The molecule has 1 amide bonds. The Morgan fingerprint density at radius 2 is 2.27 bits per heavy atom. The minimum absolute atomic E-state index is 0.175. The van der Waals surface area contributed by atoms with E-state index in [9.17, 15) is 4.79 Å². The summed E-state index contributed by atoms with van der Waals surface area (Å²) in [6.07, 6.45) is 4.05. The molecular weight excluding hydrogens is 294 g/mol. The molecule has 2 aromatic rings. The number of hydrogen-bond acceptors (Lipinski definition) is 3. The summed E-state index contributed by atoms with van der Waals surface area (Å²) in [5.41, 5.74) is 3.11. The van der Waals surface area contributed by atoms with Crippen molar-refractivity contribution in [2.24, 2.45) is 0 Å². The van der Waals surface area contributed by atoms with Crippen LogP contribution >= 0.6 is 11.3 Å². The van der Waals surface area contributed by atoms with Crippen molar-refractivity contribution in [2.45, 2.75) is 46.1 Å². The SMILES string of the molecule is CCn1c(C)cc(C(=O)N2CCCC(c3nccs3)C2)c1C. The summed E-state index contributed by atoms with van der Waals surface area (Å²) >= 11 is 1.70. The second kappa shape index (κ2) is 6.24. The standard InChI is InChI=1S/C17H23N3OS/c1-4-20-12(2)10-15(13(20)3)17(21)19-8-5-6-14(11-19)16-18-7-9-22-16/h7,9-10,14H,4-6,8,11H2,1-3H3. The molecule has 0 radical (unpaired) electrons.